The highest BCUT2D eigenvalue weighted by Gasteiger charge is 2.09. The number of nitrogens with two attached hydrogens (primary N) is 1. The van der Waals surface area contributed by atoms with Crippen LogP contribution in [0.3, 0.4) is 0 Å². The second-order valence-electron chi connectivity index (χ2n) is 3.51. The fourth-order valence-corrected chi connectivity index (χ4v) is 2.12. The third-order valence-corrected chi connectivity index (χ3v) is 2.93. The molecule has 0 aliphatic rings. The number of hydrazine groups is 1. The summed E-state index contributed by atoms with van der Waals surface area (Å²) in [5.41, 5.74) is 3.38. The summed E-state index contributed by atoms with van der Waals surface area (Å²) in [5, 5.41) is 1.31. The van der Waals surface area contributed by atoms with Crippen LogP contribution in [0, 0.1) is 20.8 Å². The quantitative estimate of drug-likeness (QED) is 0.488. The van der Waals surface area contributed by atoms with E-state index in [0.29, 0.717) is 16.9 Å². The van der Waals surface area contributed by atoms with Gasteiger partial charge in [-0.1, -0.05) is 0 Å². The number of aromatic nitrogens is 3. The van der Waals surface area contributed by atoms with Crippen LogP contribution in [-0.2, 0) is 0 Å². The van der Waals surface area contributed by atoms with Crippen molar-refractivity contribution in [3.8, 4) is 0 Å². The van der Waals surface area contributed by atoms with Crippen molar-refractivity contribution >= 4 is 17.6 Å². The van der Waals surface area contributed by atoms with Crippen molar-refractivity contribution in [3.05, 3.63) is 23.3 Å². The number of nitrogens with one attached hydrogen (secondary N) is 1. The lowest BCUT2D eigenvalue weighted by atomic mass is 10.4. The highest BCUT2D eigenvalue weighted by molar-refractivity contribution is 7.99. The average Bonchev–Trinajstić information content (AvgIpc) is 2.57. The molecule has 0 radical (unpaired) electrons. The molecule has 2 aromatic heterocycles. The summed E-state index contributed by atoms with van der Waals surface area (Å²) in [6.45, 7) is 5.59. The van der Waals surface area contributed by atoms with E-state index in [0.717, 1.165) is 16.5 Å². The number of oxazole rings is 1. The maximum absolute atomic E-state index is 5.47. The molecule has 0 saturated heterocycles. The molecular formula is C10H13N5OS. The van der Waals surface area contributed by atoms with Gasteiger partial charge in [0.05, 0.1) is 5.69 Å². The predicted octanol–water partition coefficient (Wildman–Crippen LogP) is 1.83. The standard InChI is InChI=1S/C10H13N5OS/c1-5-6(2)16-10(12-5)17-9-4-8(15-11)13-7(3)14-9/h4H,11H2,1-3H3,(H,13,14,15). The number of aryl methyl sites for hydroxylation is 3. The normalized spacial score (nSPS) is 10.6. The number of anilines is 1. The first kappa shape index (κ1) is 11.9. The first-order valence-electron chi connectivity index (χ1n) is 5.02. The summed E-state index contributed by atoms with van der Waals surface area (Å²) < 4.78 is 5.47. The second kappa shape index (κ2) is 4.72. The van der Waals surface area contributed by atoms with E-state index < -0.39 is 0 Å². The zero-order valence-electron chi connectivity index (χ0n) is 9.81. The highest BCUT2D eigenvalue weighted by Crippen LogP contribution is 2.27. The molecule has 0 amide bonds. The molecule has 0 aliphatic carbocycles. The third kappa shape index (κ3) is 2.75. The Labute approximate surface area is 103 Å². The van der Waals surface area contributed by atoms with E-state index in [1.807, 2.05) is 13.8 Å². The lowest BCUT2D eigenvalue weighted by molar-refractivity contribution is 0.431. The van der Waals surface area contributed by atoms with Gasteiger partial charge in [-0.2, -0.15) is 0 Å². The van der Waals surface area contributed by atoms with Gasteiger partial charge in [-0.05, 0) is 32.5 Å². The number of hydrogen-bond acceptors (Lipinski definition) is 7. The van der Waals surface area contributed by atoms with Crippen LogP contribution in [-0.4, -0.2) is 15.0 Å². The maximum Gasteiger partial charge on any atom is 0.262 e. The fraction of sp³-hybridized carbons (Fsp3) is 0.300. The van der Waals surface area contributed by atoms with Gasteiger partial charge in [-0.3, -0.25) is 0 Å². The Bertz CT molecular complexity index is 520. The minimum Gasteiger partial charge on any atom is -0.436 e. The van der Waals surface area contributed by atoms with E-state index in [9.17, 15) is 0 Å². The summed E-state index contributed by atoms with van der Waals surface area (Å²) in [6, 6.07) is 1.74. The predicted molar refractivity (Wildman–Crippen MR) is 64.7 cm³/mol. The Morgan fingerprint density at radius 1 is 1.24 bits per heavy atom. The van der Waals surface area contributed by atoms with E-state index >= 15 is 0 Å². The summed E-state index contributed by atoms with van der Waals surface area (Å²) in [6.07, 6.45) is 0. The van der Waals surface area contributed by atoms with Gasteiger partial charge in [0.2, 0.25) is 0 Å². The third-order valence-electron chi connectivity index (χ3n) is 2.16. The van der Waals surface area contributed by atoms with Crippen molar-refractivity contribution in [2.45, 2.75) is 31.0 Å². The minimum atomic E-state index is 0.569. The molecule has 2 rings (SSSR count). The van der Waals surface area contributed by atoms with Gasteiger partial charge < -0.3 is 9.84 Å². The van der Waals surface area contributed by atoms with E-state index in [-0.39, 0.29) is 0 Å². The van der Waals surface area contributed by atoms with Crippen LogP contribution < -0.4 is 11.3 Å². The fourth-order valence-electron chi connectivity index (χ4n) is 1.24. The van der Waals surface area contributed by atoms with Crippen LogP contribution in [0.2, 0.25) is 0 Å². The molecule has 2 aromatic rings. The molecule has 0 unspecified atom stereocenters. The zero-order chi connectivity index (χ0) is 12.4. The largest absolute Gasteiger partial charge is 0.436 e. The van der Waals surface area contributed by atoms with Gasteiger partial charge in [-0.15, -0.1) is 0 Å². The topological polar surface area (TPSA) is 89.9 Å². The minimum absolute atomic E-state index is 0.569. The summed E-state index contributed by atoms with van der Waals surface area (Å²) in [5.74, 6) is 7.35. The molecule has 0 aliphatic heterocycles. The Balaban J connectivity index is 2.26. The van der Waals surface area contributed by atoms with Gasteiger partial charge in [0, 0.05) is 6.07 Å². The van der Waals surface area contributed by atoms with Crippen LogP contribution in [0.25, 0.3) is 0 Å². The lowest BCUT2D eigenvalue weighted by Crippen LogP contribution is -2.09. The van der Waals surface area contributed by atoms with E-state index in [1.165, 1.54) is 11.8 Å². The zero-order valence-corrected chi connectivity index (χ0v) is 10.6. The maximum atomic E-state index is 5.47. The monoisotopic (exact) mass is 251 g/mol. The number of hydrogen-bond donors (Lipinski definition) is 2. The SMILES string of the molecule is Cc1nc(NN)cc(Sc2nc(C)c(C)o2)n1. The number of rotatable bonds is 3. The molecule has 0 bridgehead atoms. The van der Waals surface area contributed by atoms with E-state index in [2.05, 4.69) is 20.4 Å². The molecule has 0 atom stereocenters. The highest BCUT2D eigenvalue weighted by atomic mass is 32.2. The summed E-state index contributed by atoms with van der Waals surface area (Å²) in [4.78, 5) is 12.7. The molecular weight excluding hydrogens is 238 g/mol. The van der Waals surface area contributed by atoms with Gasteiger partial charge >= 0.3 is 0 Å². The smallest absolute Gasteiger partial charge is 0.262 e. The molecule has 3 N–H and O–H groups in total. The van der Waals surface area contributed by atoms with Gasteiger partial charge in [0.1, 0.15) is 22.4 Å². The molecule has 90 valence electrons. The van der Waals surface area contributed by atoms with Gasteiger partial charge in [0.25, 0.3) is 5.22 Å². The van der Waals surface area contributed by atoms with E-state index in [4.69, 9.17) is 10.3 Å². The van der Waals surface area contributed by atoms with Crippen molar-refractivity contribution < 1.29 is 4.42 Å². The number of nitrogens with zero attached hydrogens (tertiary/aromatic N) is 3. The Kier molecular flexibility index (Phi) is 3.30. The van der Waals surface area contributed by atoms with Gasteiger partial charge in [0.15, 0.2) is 0 Å². The van der Waals surface area contributed by atoms with Crippen LogP contribution in [0.5, 0.6) is 0 Å². The summed E-state index contributed by atoms with van der Waals surface area (Å²) in [7, 11) is 0. The Morgan fingerprint density at radius 3 is 2.59 bits per heavy atom. The van der Waals surface area contributed by atoms with Crippen molar-refractivity contribution in [1.82, 2.24) is 15.0 Å². The Morgan fingerprint density at radius 2 is 2.00 bits per heavy atom. The molecule has 0 aromatic carbocycles. The van der Waals surface area contributed by atoms with Crippen molar-refractivity contribution in [3.63, 3.8) is 0 Å². The average molecular weight is 251 g/mol. The first-order chi connectivity index (χ1) is 8.08. The molecule has 17 heavy (non-hydrogen) atoms. The second-order valence-corrected chi connectivity index (χ2v) is 4.48. The molecule has 0 spiro atoms. The summed E-state index contributed by atoms with van der Waals surface area (Å²) >= 11 is 1.34. The van der Waals surface area contributed by atoms with E-state index in [1.54, 1.807) is 13.0 Å². The van der Waals surface area contributed by atoms with Crippen LogP contribution >= 0.6 is 11.8 Å². The molecule has 0 saturated carbocycles. The molecule has 0 fully saturated rings. The van der Waals surface area contributed by atoms with Crippen molar-refractivity contribution in [2.75, 3.05) is 5.43 Å². The van der Waals surface area contributed by atoms with Crippen molar-refractivity contribution in [1.29, 1.82) is 0 Å². The lowest BCUT2D eigenvalue weighted by Gasteiger charge is -2.02. The molecule has 7 heteroatoms. The first-order valence-corrected chi connectivity index (χ1v) is 5.84. The van der Waals surface area contributed by atoms with Crippen LogP contribution in [0.15, 0.2) is 20.7 Å². The van der Waals surface area contributed by atoms with Crippen LogP contribution in [0.4, 0.5) is 5.82 Å². The van der Waals surface area contributed by atoms with Gasteiger partial charge in [-0.25, -0.2) is 20.8 Å². The van der Waals surface area contributed by atoms with Crippen LogP contribution in [0.1, 0.15) is 17.3 Å². The Hall–Kier alpha value is -1.60. The molecule has 2 heterocycles. The molecule has 6 nitrogen and oxygen atoms in total. The number of nitrogen functional groups attached to an aromatic ring is 1. The van der Waals surface area contributed by atoms with Crippen molar-refractivity contribution in [2.24, 2.45) is 5.84 Å².